The third kappa shape index (κ3) is 1.67. The third-order valence-corrected chi connectivity index (χ3v) is 4.77. The molecule has 4 heterocycles. The lowest BCUT2D eigenvalue weighted by Gasteiger charge is -2.42. The van der Waals surface area contributed by atoms with Crippen LogP contribution in [-0.2, 0) is 0 Å². The quantitative estimate of drug-likeness (QED) is 0.877. The van der Waals surface area contributed by atoms with Gasteiger partial charge >= 0.3 is 5.97 Å². The highest BCUT2D eigenvalue weighted by Crippen LogP contribution is 2.46. The Hall–Kier alpha value is -1.88. The van der Waals surface area contributed by atoms with Crippen molar-refractivity contribution in [3.05, 3.63) is 34.2 Å². The number of aromatic nitrogens is 1. The summed E-state index contributed by atoms with van der Waals surface area (Å²) >= 11 is 6.13. The summed E-state index contributed by atoms with van der Waals surface area (Å²) in [6.07, 6.45) is 1.87. The van der Waals surface area contributed by atoms with E-state index in [2.05, 4.69) is 4.98 Å². The van der Waals surface area contributed by atoms with E-state index in [0.717, 1.165) is 25.9 Å². The van der Waals surface area contributed by atoms with E-state index in [1.165, 1.54) is 12.1 Å². The number of carboxylic acids is 1. The van der Waals surface area contributed by atoms with Gasteiger partial charge in [-0.2, -0.15) is 0 Å². The minimum Gasteiger partial charge on any atom is -0.478 e. The van der Waals surface area contributed by atoms with Crippen LogP contribution in [0.2, 0.25) is 5.02 Å². The Morgan fingerprint density at radius 2 is 2.10 bits per heavy atom. The molecule has 3 aliphatic heterocycles. The fourth-order valence-electron chi connectivity index (χ4n) is 3.50. The molecule has 4 nitrogen and oxygen atoms in total. The molecule has 0 saturated carbocycles. The molecule has 1 aromatic heterocycles. The Balaban J connectivity index is 2.20. The highest BCUT2D eigenvalue weighted by atomic mass is 35.5. The van der Waals surface area contributed by atoms with E-state index in [-0.39, 0.29) is 27.4 Å². The highest BCUT2D eigenvalue weighted by molar-refractivity contribution is 6.37. The first kappa shape index (κ1) is 12.8. The third-order valence-electron chi connectivity index (χ3n) is 4.45. The second kappa shape index (κ2) is 4.31. The van der Waals surface area contributed by atoms with Gasteiger partial charge in [-0.3, -0.25) is 0 Å². The van der Waals surface area contributed by atoms with E-state index in [0.29, 0.717) is 11.4 Å². The smallest absolute Gasteiger partial charge is 0.338 e. The minimum absolute atomic E-state index is 0.0624. The van der Waals surface area contributed by atoms with Gasteiger partial charge in [0.2, 0.25) is 0 Å². The van der Waals surface area contributed by atoms with Crippen LogP contribution in [0.25, 0.3) is 10.9 Å². The monoisotopic (exact) mass is 306 g/mol. The SMILES string of the molecule is O=C(O)c1c2c(nc3c(F)ccc(Cl)c13)C1CCN2CC1. The van der Waals surface area contributed by atoms with Crippen molar-refractivity contribution >= 4 is 34.2 Å². The van der Waals surface area contributed by atoms with Gasteiger partial charge in [0.1, 0.15) is 11.3 Å². The van der Waals surface area contributed by atoms with Gasteiger partial charge < -0.3 is 10.0 Å². The van der Waals surface area contributed by atoms with E-state index >= 15 is 0 Å². The molecule has 1 N–H and O–H groups in total. The zero-order valence-electron chi connectivity index (χ0n) is 11.1. The van der Waals surface area contributed by atoms with Crippen molar-refractivity contribution in [2.75, 3.05) is 18.0 Å². The molecule has 108 valence electrons. The fourth-order valence-corrected chi connectivity index (χ4v) is 3.74. The van der Waals surface area contributed by atoms with E-state index < -0.39 is 11.8 Å². The molecule has 3 aliphatic rings. The van der Waals surface area contributed by atoms with E-state index in [1.807, 2.05) is 4.90 Å². The molecule has 0 spiro atoms. The summed E-state index contributed by atoms with van der Waals surface area (Å²) in [5.74, 6) is -1.40. The number of aromatic carboxylic acids is 1. The Bertz CT molecular complexity index is 785. The Morgan fingerprint density at radius 1 is 1.38 bits per heavy atom. The maximum absolute atomic E-state index is 14.1. The standard InChI is InChI=1S/C15H12ClFN2O2/c16-8-1-2-9(17)13-10(8)11(15(20)21)14-12(18-13)7-3-5-19(14)6-4-7/h1-2,7H,3-6H2,(H,20,21). The van der Waals surface area contributed by atoms with Crippen LogP contribution in [0.1, 0.15) is 34.8 Å². The highest BCUT2D eigenvalue weighted by Gasteiger charge is 2.37. The maximum atomic E-state index is 14.1. The summed E-state index contributed by atoms with van der Waals surface area (Å²) in [5, 5.41) is 10.1. The molecule has 2 aromatic rings. The minimum atomic E-state index is -1.08. The van der Waals surface area contributed by atoms with Crippen LogP contribution in [0, 0.1) is 5.82 Å². The summed E-state index contributed by atoms with van der Waals surface area (Å²) in [4.78, 5) is 18.3. The first-order valence-electron chi connectivity index (χ1n) is 6.87. The average molecular weight is 307 g/mol. The number of pyridine rings is 1. The number of hydrogen-bond acceptors (Lipinski definition) is 3. The van der Waals surface area contributed by atoms with Gasteiger partial charge in [0.25, 0.3) is 0 Å². The molecular weight excluding hydrogens is 295 g/mol. The van der Waals surface area contributed by atoms with E-state index in [1.54, 1.807) is 0 Å². The largest absolute Gasteiger partial charge is 0.478 e. The van der Waals surface area contributed by atoms with Crippen molar-refractivity contribution in [2.45, 2.75) is 18.8 Å². The number of benzene rings is 1. The average Bonchev–Trinajstić information content (AvgIpc) is 2.50. The van der Waals surface area contributed by atoms with Gasteiger partial charge in [-0.25, -0.2) is 14.2 Å². The summed E-state index contributed by atoms with van der Waals surface area (Å²) in [6, 6.07) is 2.62. The molecule has 0 aliphatic carbocycles. The molecule has 21 heavy (non-hydrogen) atoms. The number of fused-ring (bicyclic) bond motifs is 3. The van der Waals surface area contributed by atoms with Crippen LogP contribution < -0.4 is 4.90 Å². The number of hydrogen-bond donors (Lipinski definition) is 1. The molecule has 6 heteroatoms. The molecule has 0 radical (unpaired) electrons. The van der Waals surface area contributed by atoms with Crippen LogP contribution in [0.5, 0.6) is 0 Å². The predicted molar refractivity (Wildman–Crippen MR) is 77.9 cm³/mol. The van der Waals surface area contributed by atoms with Gasteiger partial charge in [0.05, 0.1) is 22.0 Å². The van der Waals surface area contributed by atoms with Crippen LogP contribution >= 0.6 is 11.6 Å². The van der Waals surface area contributed by atoms with Gasteiger partial charge in [0.15, 0.2) is 0 Å². The molecular formula is C15H12ClFN2O2. The van der Waals surface area contributed by atoms with Crippen LogP contribution in [-0.4, -0.2) is 29.1 Å². The molecule has 2 bridgehead atoms. The van der Waals surface area contributed by atoms with Crippen molar-refractivity contribution in [1.29, 1.82) is 0 Å². The molecule has 1 fully saturated rings. The van der Waals surface area contributed by atoms with E-state index in [4.69, 9.17) is 11.6 Å². The van der Waals surface area contributed by atoms with Gasteiger partial charge in [-0.1, -0.05) is 11.6 Å². The second-order valence-corrected chi connectivity index (χ2v) is 5.95. The van der Waals surface area contributed by atoms with Crippen molar-refractivity contribution in [2.24, 2.45) is 0 Å². The first-order chi connectivity index (χ1) is 10.1. The Labute approximate surface area is 125 Å². The summed E-state index contributed by atoms with van der Waals surface area (Å²) < 4.78 is 14.1. The molecule has 5 rings (SSSR count). The number of carboxylic acid groups (broad SMARTS) is 1. The number of nitrogens with zero attached hydrogens (tertiary/aromatic N) is 2. The molecule has 0 atom stereocenters. The van der Waals surface area contributed by atoms with Crippen LogP contribution in [0.4, 0.5) is 10.1 Å². The molecule has 0 amide bonds. The Kier molecular flexibility index (Phi) is 2.63. The number of anilines is 1. The number of carbonyl (C=O) groups is 1. The maximum Gasteiger partial charge on any atom is 0.338 e. The van der Waals surface area contributed by atoms with Gasteiger partial charge in [-0.15, -0.1) is 0 Å². The zero-order chi connectivity index (χ0) is 14.7. The van der Waals surface area contributed by atoms with Crippen molar-refractivity contribution in [3.63, 3.8) is 0 Å². The predicted octanol–water partition coefficient (Wildman–Crippen LogP) is 3.42. The van der Waals surface area contributed by atoms with Crippen LogP contribution in [0.15, 0.2) is 12.1 Å². The number of piperidine rings is 1. The summed E-state index contributed by atoms with van der Waals surface area (Å²) in [5.41, 5.74) is 1.49. The normalized spacial score (nSPS) is 17.3. The topological polar surface area (TPSA) is 53.4 Å². The second-order valence-electron chi connectivity index (χ2n) is 5.54. The zero-order valence-corrected chi connectivity index (χ0v) is 11.8. The molecule has 1 aromatic carbocycles. The number of halogens is 2. The van der Waals surface area contributed by atoms with Crippen molar-refractivity contribution in [3.8, 4) is 0 Å². The van der Waals surface area contributed by atoms with Gasteiger partial charge in [0, 0.05) is 24.4 Å². The lowest BCUT2D eigenvalue weighted by molar-refractivity contribution is 0.0699. The molecule has 1 saturated heterocycles. The van der Waals surface area contributed by atoms with E-state index in [9.17, 15) is 14.3 Å². The summed E-state index contributed by atoms with van der Waals surface area (Å²) in [6.45, 7) is 1.64. The first-order valence-corrected chi connectivity index (χ1v) is 7.25. The van der Waals surface area contributed by atoms with Crippen molar-refractivity contribution < 1.29 is 14.3 Å². The van der Waals surface area contributed by atoms with Crippen molar-refractivity contribution in [1.82, 2.24) is 4.98 Å². The lowest BCUT2D eigenvalue weighted by atomic mass is 9.84. The Morgan fingerprint density at radius 3 is 2.76 bits per heavy atom. The van der Waals surface area contributed by atoms with Crippen LogP contribution in [0.3, 0.4) is 0 Å². The number of rotatable bonds is 1. The van der Waals surface area contributed by atoms with Gasteiger partial charge in [-0.05, 0) is 25.0 Å². The summed E-state index contributed by atoms with van der Waals surface area (Å²) in [7, 11) is 0. The lowest BCUT2D eigenvalue weighted by Crippen LogP contribution is -2.40. The fraction of sp³-hybridized carbons (Fsp3) is 0.333. The molecule has 0 unspecified atom stereocenters.